The summed E-state index contributed by atoms with van der Waals surface area (Å²) in [5.74, 6) is 0.675. The summed E-state index contributed by atoms with van der Waals surface area (Å²) in [4.78, 5) is 11.9. The second-order valence-electron chi connectivity index (χ2n) is 5.23. The number of hydrogen-bond donors (Lipinski definition) is 2. The molecule has 0 aromatic heterocycles. The van der Waals surface area contributed by atoms with Gasteiger partial charge in [-0.15, -0.1) is 0 Å². The van der Waals surface area contributed by atoms with Gasteiger partial charge < -0.3 is 11.1 Å². The molecule has 1 aromatic rings. The van der Waals surface area contributed by atoms with Crippen LogP contribution < -0.4 is 11.1 Å². The highest BCUT2D eigenvalue weighted by atomic mass is 19.1. The number of nitrogens with one attached hydrogen (secondary N) is 1. The highest BCUT2D eigenvalue weighted by Crippen LogP contribution is 2.29. The van der Waals surface area contributed by atoms with Crippen molar-refractivity contribution < 1.29 is 9.18 Å². The molecule has 1 aromatic carbocycles. The number of amides is 1. The highest BCUT2D eigenvalue weighted by Gasteiger charge is 2.22. The summed E-state index contributed by atoms with van der Waals surface area (Å²) in [6.45, 7) is 2.92. The standard InChI is InChI=1S/C14H19FN2O/c1-9-2-3-10(6-9)8-17-14(18)12-5-4-11(15)7-13(12)16/h4-5,7,9-10H,2-3,6,8,16H2,1H3,(H,17,18). The van der Waals surface area contributed by atoms with E-state index in [9.17, 15) is 9.18 Å². The maximum atomic E-state index is 12.9. The van der Waals surface area contributed by atoms with Crippen LogP contribution in [0.4, 0.5) is 10.1 Å². The van der Waals surface area contributed by atoms with Crippen LogP contribution in [0, 0.1) is 17.7 Å². The number of nitrogen functional groups attached to an aromatic ring is 1. The van der Waals surface area contributed by atoms with Crippen molar-refractivity contribution in [3.8, 4) is 0 Å². The van der Waals surface area contributed by atoms with Crippen LogP contribution in [0.25, 0.3) is 0 Å². The van der Waals surface area contributed by atoms with Gasteiger partial charge in [0, 0.05) is 12.2 Å². The zero-order valence-electron chi connectivity index (χ0n) is 10.6. The maximum Gasteiger partial charge on any atom is 0.253 e. The van der Waals surface area contributed by atoms with Gasteiger partial charge in [-0.2, -0.15) is 0 Å². The Bertz CT molecular complexity index is 447. The lowest BCUT2D eigenvalue weighted by Gasteiger charge is -2.12. The fourth-order valence-corrected chi connectivity index (χ4v) is 2.58. The molecular weight excluding hydrogens is 231 g/mol. The van der Waals surface area contributed by atoms with Crippen LogP contribution in [0.3, 0.4) is 0 Å². The van der Waals surface area contributed by atoms with Crippen LogP contribution in [0.5, 0.6) is 0 Å². The lowest BCUT2D eigenvalue weighted by Crippen LogP contribution is -2.29. The monoisotopic (exact) mass is 250 g/mol. The molecule has 3 nitrogen and oxygen atoms in total. The Hall–Kier alpha value is -1.58. The van der Waals surface area contributed by atoms with Crippen molar-refractivity contribution in [2.45, 2.75) is 26.2 Å². The second-order valence-corrected chi connectivity index (χ2v) is 5.23. The first-order valence-corrected chi connectivity index (χ1v) is 6.39. The van der Waals surface area contributed by atoms with Gasteiger partial charge in [-0.1, -0.05) is 13.3 Å². The van der Waals surface area contributed by atoms with E-state index >= 15 is 0 Å². The van der Waals surface area contributed by atoms with Gasteiger partial charge in [-0.25, -0.2) is 4.39 Å². The summed E-state index contributed by atoms with van der Waals surface area (Å²) in [6, 6.07) is 3.85. The van der Waals surface area contributed by atoms with Crippen molar-refractivity contribution in [3.05, 3.63) is 29.6 Å². The van der Waals surface area contributed by atoms with Crippen molar-refractivity contribution in [2.24, 2.45) is 11.8 Å². The van der Waals surface area contributed by atoms with E-state index in [1.54, 1.807) is 0 Å². The molecular formula is C14H19FN2O. The van der Waals surface area contributed by atoms with Crippen molar-refractivity contribution in [1.82, 2.24) is 5.32 Å². The van der Waals surface area contributed by atoms with Crippen molar-refractivity contribution in [3.63, 3.8) is 0 Å². The third-order valence-corrected chi connectivity index (χ3v) is 3.61. The fraction of sp³-hybridized carbons (Fsp3) is 0.500. The Labute approximate surface area is 107 Å². The first-order chi connectivity index (χ1) is 8.56. The molecule has 18 heavy (non-hydrogen) atoms. The average molecular weight is 250 g/mol. The summed E-state index contributed by atoms with van der Waals surface area (Å²) in [7, 11) is 0. The summed E-state index contributed by atoms with van der Waals surface area (Å²) in [5, 5.41) is 2.88. The van der Waals surface area contributed by atoms with Crippen LogP contribution in [0.1, 0.15) is 36.5 Å². The predicted octanol–water partition coefficient (Wildman–Crippen LogP) is 2.57. The van der Waals surface area contributed by atoms with E-state index in [4.69, 9.17) is 5.73 Å². The summed E-state index contributed by atoms with van der Waals surface area (Å²) in [6.07, 6.45) is 3.57. The van der Waals surface area contributed by atoms with Crippen molar-refractivity contribution >= 4 is 11.6 Å². The molecule has 1 saturated carbocycles. The quantitative estimate of drug-likeness (QED) is 0.810. The summed E-state index contributed by atoms with van der Waals surface area (Å²) < 4.78 is 12.9. The molecule has 1 aliphatic carbocycles. The largest absolute Gasteiger partial charge is 0.398 e. The van der Waals surface area contributed by atoms with E-state index < -0.39 is 5.82 Å². The number of nitrogens with two attached hydrogens (primary N) is 1. The molecule has 2 rings (SSSR count). The van der Waals surface area contributed by atoms with E-state index in [-0.39, 0.29) is 11.6 Å². The Morgan fingerprint density at radius 3 is 2.89 bits per heavy atom. The number of rotatable bonds is 3. The van der Waals surface area contributed by atoms with E-state index in [1.165, 1.54) is 37.5 Å². The molecule has 0 spiro atoms. The molecule has 98 valence electrons. The van der Waals surface area contributed by atoms with E-state index in [0.29, 0.717) is 18.0 Å². The van der Waals surface area contributed by atoms with E-state index in [0.717, 1.165) is 5.92 Å². The topological polar surface area (TPSA) is 55.1 Å². The molecule has 1 fully saturated rings. The minimum Gasteiger partial charge on any atom is -0.398 e. The number of anilines is 1. The van der Waals surface area contributed by atoms with E-state index in [2.05, 4.69) is 12.2 Å². The minimum absolute atomic E-state index is 0.187. The number of halogens is 1. The van der Waals surface area contributed by atoms with Crippen LogP contribution in [-0.4, -0.2) is 12.5 Å². The summed E-state index contributed by atoms with van der Waals surface area (Å²) >= 11 is 0. The first-order valence-electron chi connectivity index (χ1n) is 6.39. The van der Waals surface area contributed by atoms with Crippen LogP contribution in [0.15, 0.2) is 18.2 Å². The third-order valence-electron chi connectivity index (χ3n) is 3.61. The summed E-state index contributed by atoms with van der Waals surface area (Å²) in [5.41, 5.74) is 6.16. The molecule has 2 atom stereocenters. The Morgan fingerprint density at radius 1 is 1.50 bits per heavy atom. The van der Waals surface area contributed by atoms with Crippen molar-refractivity contribution in [1.29, 1.82) is 0 Å². The second kappa shape index (κ2) is 5.38. The zero-order chi connectivity index (χ0) is 13.1. The first kappa shape index (κ1) is 12.9. The number of hydrogen-bond acceptors (Lipinski definition) is 2. The molecule has 0 saturated heterocycles. The van der Waals surface area contributed by atoms with Crippen LogP contribution >= 0.6 is 0 Å². The maximum absolute atomic E-state index is 12.9. The lowest BCUT2D eigenvalue weighted by atomic mass is 10.1. The fourth-order valence-electron chi connectivity index (χ4n) is 2.58. The Kier molecular flexibility index (Phi) is 3.84. The number of carbonyl (C=O) groups is 1. The third kappa shape index (κ3) is 3.00. The smallest absolute Gasteiger partial charge is 0.253 e. The van der Waals surface area contributed by atoms with Gasteiger partial charge in [0.05, 0.1) is 5.56 Å². The normalized spacial score (nSPS) is 23.0. The highest BCUT2D eigenvalue weighted by molar-refractivity contribution is 5.99. The van der Waals surface area contributed by atoms with Gasteiger partial charge in [-0.3, -0.25) is 4.79 Å². The molecule has 1 aliphatic rings. The van der Waals surface area contributed by atoms with Gasteiger partial charge in [0.15, 0.2) is 0 Å². The number of benzene rings is 1. The minimum atomic E-state index is -0.423. The van der Waals surface area contributed by atoms with Crippen LogP contribution in [0.2, 0.25) is 0 Å². The van der Waals surface area contributed by atoms with Crippen LogP contribution in [-0.2, 0) is 0 Å². The predicted molar refractivity (Wildman–Crippen MR) is 69.7 cm³/mol. The lowest BCUT2D eigenvalue weighted by molar-refractivity contribution is 0.0948. The Balaban J connectivity index is 1.91. The van der Waals surface area contributed by atoms with Gasteiger partial charge in [0.25, 0.3) is 5.91 Å². The molecule has 2 unspecified atom stereocenters. The zero-order valence-corrected chi connectivity index (χ0v) is 10.6. The molecule has 0 radical (unpaired) electrons. The van der Waals surface area contributed by atoms with Crippen molar-refractivity contribution in [2.75, 3.05) is 12.3 Å². The average Bonchev–Trinajstić information content (AvgIpc) is 2.72. The van der Waals surface area contributed by atoms with Gasteiger partial charge >= 0.3 is 0 Å². The van der Waals surface area contributed by atoms with Gasteiger partial charge in [0.2, 0.25) is 0 Å². The molecule has 3 N–H and O–H groups in total. The Morgan fingerprint density at radius 2 is 2.28 bits per heavy atom. The van der Waals surface area contributed by atoms with Gasteiger partial charge in [0.1, 0.15) is 5.82 Å². The molecule has 1 amide bonds. The SMILES string of the molecule is CC1CCC(CNC(=O)c2ccc(F)cc2N)C1. The number of carbonyl (C=O) groups excluding carboxylic acids is 1. The van der Waals surface area contributed by atoms with Gasteiger partial charge in [-0.05, 0) is 42.9 Å². The molecule has 0 aliphatic heterocycles. The van der Waals surface area contributed by atoms with E-state index in [1.807, 2.05) is 0 Å². The molecule has 0 bridgehead atoms. The molecule has 4 heteroatoms. The molecule has 0 heterocycles.